The second-order valence-electron chi connectivity index (χ2n) is 2.70. The van der Waals surface area contributed by atoms with Gasteiger partial charge in [0.25, 0.3) is 0 Å². The molecule has 6 heteroatoms. The summed E-state index contributed by atoms with van der Waals surface area (Å²) in [6.07, 6.45) is -0.551. The maximum absolute atomic E-state index is 11.8. The van der Waals surface area contributed by atoms with E-state index in [4.69, 9.17) is 0 Å². The van der Waals surface area contributed by atoms with Crippen molar-refractivity contribution in [3.05, 3.63) is 35.9 Å². The van der Waals surface area contributed by atoms with Crippen molar-refractivity contribution in [3.8, 4) is 0 Å². The monoisotopic (exact) mass is 226 g/mol. The average molecular weight is 226 g/mol. The molecule has 0 atom stereocenters. The molecule has 14 heavy (non-hydrogen) atoms. The van der Waals surface area contributed by atoms with Crippen LogP contribution in [0.15, 0.2) is 30.3 Å². The van der Waals surface area contributed by atoms with Crippen molar-refractivity contribution >= 4 is 12.7 Å². The summed E-state index contributed by atoms with van der Waals surface area (Å²) in [5.74, 6) is 0. The van der Waals surface area contributed by atoms with E-state index in [1.165, 1.54) is 12.1 Å². The van der Waals surface area contributed by atoms with Crippen molar-refractivity contribution in [1.29, 1.82) is 0 Å². The summed E-state index contributed by atoms with van der Waals surface area (Å²) in [4.78, 5) is 10.5. The van der Waals surface area contributed by atoms with Gasteiger partial charge in [0.2, 0.25) is 0 Å². The smallest absolute Gasteiger partial charge is 0.443 e. The fourth-order valence-corrected chi connectivity index (χ4v) is 0.913. The van der Waals surface area contributed by atoms with Crippen LogP contribution in [0.2, 0.25) is 0 Å². The van der Waals surface area contributed by atoms with Crippen molar-refractivity contribution in [1.82, 2.24) is 0 Å². The van der Waals surface area contributed by atoms with Crippen LogP contribution in [-0.2, 0) is 11.2 Å². The molecule has 0 bridgehead atoms. The third kappa shape index (κ3) is 4.75. The van der Waals surface area contributed by atoms with Crippen molar-refractivity contribution in [2.45, 2.75) is 6.42 Å². The first kappa shape index (κ1) is 14.4. The molecule has 1 aromatic rings. The molecular weight excluding hydrogens is 219 g/mol. The van der Waals surface area contributed by atoms with Gasteiger partial charge in [0, 0.05) is 6.42 Å². The van der Waals surface area contributed by atoms with Crippen molar-refractivity contribution in [3.63, 3.8) is 0 Å². The molecule has 0 N–H and O–H groups in total. The zero-order chi connectivity index (χ0) is 9.90. The van der Waals surface area contributed by atoms with Crippen molar-refractivity contribution < 1.29 is 69.1 Å². The van der Waals surface area contributed by atoms with Gasteiger partial charge in [-0.2, -0.15) is 0 Å². The number of hydrogen-bond donors (Lipinski definition) is 0. The first-order valence-electron chi connectivity index (χ1n) is 3.77. The Morgan fingerprint density at radius 3 is 2.07 bits per heavy atom. The van der Waals surface area contributed by atoms with Crippen LogP contribution in [-0.4, -0.2) is 12.7 Å². The summed E-state index contributed by atoms with van der Waals surface area (Å²) in [6, 6.07) is 7.89. The molecule has 0 saturated carbocycles. The second-order valence-corrected chi connectivity index (χ2v) is 2.70. The van der Waals surface area contributed by atoms with Crippen molar-refractivity contribution in [2.75, 3.05) is 0 Å². The number of rotatable bonds is 3. The van der Waals surface area contributed by atoms with Crippen LogP contribution >= 0.6 is 0 Å². The molecule has 0 aliphatic heterocycles. The maximum Gasteiger partial charge on any atom is 1.00 e. The van der Waals surface area contributed by atoms with Crippen LogP contribution in [0.3, 0.4) is 0 Å². The third-order valence-electron chi connectivity index (χ3n) is 1.59. The third-order valence-corrected chi connectivity index (χ3v) is 1.59. The Hall–Kier alpha value is 0.381. The molecule has 0 saturated heterocycles. The standard InChI is InChI=1S/C8H7BF3O.K/c10-9(11,12)8(13)6-7-4-2-1-3-5-7;/h1-5H,6H2;/q-1;+1. The minimum absolute atomic E-state index is 0. The van der Waals surface area contributed by atoms with E-state index in [2.05, 4.69) is 0 Å². The molecule has 0 spiro atoms. The van der Waals surface area contributed by atoms with Gasteiger partial charge in [-0.05, 0) is 5.56 Å². The maximum atomic E-state index is 11.8. The van der Waals surface area contributed by atoms with Gasteiger partial charge in [0.1, 0.15) is 0 Å². The minimum Gasteiger partial charge on any atom is -0.443 e. The summed E-state index contributed by atoms with van der Waals surface area (Å²) in [6.45, 7) is -5.34. The Bertz CT molecular complexity index is 299. The van der Waals surface area contributed by atoms with Crippen LogP contribution in [0.1, 0.15) is 5.56 Å². The molecule has 0 aromatic heterocycles. The summed E-state index contributed by atoms with van der Waals surface area (Å²) < 4.78 is 35.5. The van der Waals surface area contributed by atoms with Crippen molar-refractivity contribution in [2.24, 2.45) is 0 Å². The Kier molecular flexibility index (Phi) is 6.24. The fraction of sp³-hybridized carbons (Fsp3) is 0.125. The van der Waals surface area contributed by atoms with Gasteiger partial charge >= 0.3 is 58.4 Å². The van der Waals surface area contributed by atoms with Gasteiger partial charge in [0.15, 0.2) is 0 Å². The van der Waals surface area contributed by atoms with Gasteiger partial charge in [-0.15, -0.1) is 0 Å². The number of hydrogen-bond acceptors (Lipinski definition) is 1. The molecule has 0 heterocycles. The second kappa shape index (κ2) is 6.07. The fourth-order valence-electron chi connectivity index (χ4n) is 0.913. The molecule has 1 rings (SSSR count). The van der Waals surface area contributed by atoms with E-state index in [0.717, 1.165) is 0 Å². The number of carbonyl (C=O) groups excluding carboxylic acids is 1. The van der Waals surface area contributed by atoms with Crippen LogP contribution < -0.4 is 51.4 Å². The zero-order valence-corrected chi connectivity index (χ0v) is 10.8. The zero-order valence-electron chi connectivity index (χ0n) is 7.71. The van der Waals surface area contributed by atoms with Crippen LogP contribution in [0, 0.1) is 0 Å². The predicted molar refractivity (Wildman–Crippen MR) is 44.2 cm³/mol. The van der Waals surface area contributed by atoms with E-state index in [9.17, 15) is 17.7 Å². The molecule has 1 aromatic carbocycles. The molecule has 0 fully saturated rings. The van der Waals surface area contributed by atoms with Gasteiger partial charge in [-0.1, -0.05) is 30.3 Å². The molecule has 0 unspecified atom stereocenters. The molecular formula is C8H7BF3KO. The van der Waals surface area contributed by atoms with Gasteiger partial charge in [0.05, 0.1) is 5.68 Å². The number of halogens is 3. The molecule has 1 nitrogen and oxygen atoms in total. The SMILES string of the molecule is O=C(Cc1ccccc1)[B-](F)(F)F.[K+]. The largest absolute Gasteiger partial charge is 1.00 e. The van der Waals surface area contributed by atoms with Gasteiger partial charge < -0.3 is 17.7 Å². The molecule has 0 radical (unpaired) electrons. The summed E-state index contributed by atoms with van der Waals surface area (Å²) in [5.41, 5.74) is -1.25. The number of benzene rings is 1. The Morgan fingerprint density at radius 2 is 1.64 bits per heavy atom. The average Bonchev–Trinajstić information content (AvgIpc) is 2.04. The van der Waals surface area contributed by atoms with E-state index in [1.54, 1.807) is 18.2 Å². The van der Waals surface area contributed by atoms with Gasteiger partial charge in [-0.3, -0.25) is 0 Å². The van der Waals surface area contributed by atoms with Crippen LogP contribution in [0.25, 0.3) is 0 Å². The molecule has 0 amide bonds. The van der Waals surface area contributed by atoms with E-state index >= 15 is 0 Å². The van der Waals surface area contributed by atoms with Crippen LogP contribution in [0.4, 0.5) is 12.9 Å². The van der Waals surface area contributed by atoms with Crippen LogP contribution in [0.5, 0.6) is 0 Å². The predicted octanol–water partition coefficient (Wildman–Crippen LogP) is -0.811. The Labute approximate surface area is 123 Å². The van der Waals surface area contributed by atoms with E-state index in [0.29, 0.717) is 5.56 Å². The number of carbonyl (C=O) groups is 1. The minimum atomic E-state index is -5.34. The first-order chi connectivity index (χ1) is 6.00. The van der Waals surface area contributed by atoms with E-state index in [1.807, 2.05) is 0 Å². The Morgan fingerprint density at radius 1 is 1.14 bits per heavy atom. The normalized spacial score (nSPS) is 10.5. The first-order valence-corrected chi connectivity index (χ1v) is 3.77. The molecule has 0 aliphatic rings. The summed E-state index contributed by atoms with van der Waals surface area (Å²) in [5, 5.41) is 0. The quantitative estimate of drug-likeness (QED) is 0.616. The summed E-state index contributed by atoms with van der Waals surface area (Å²) in [7, 11) is 0. The summed E-state index contributed by atoms with van der Waals surface area (Å²) >= 11 is 0. The van der Waals surface area contributed by atoms with E-state index < -0.39 is 19.1 Å². The van der Waals surface area contributed by atoms with E-state index in [-0.39, 0.29) is 51.4 Å². The Balaban J connectivity index is 0.00000169. The topological polar surface area (TPSA) is 17.1 Å². The molecule has 0 aliphatic carbocycles. The molecule has 70 valence electrons. The van der Waals surface area contributed by atoms with Gasteiger partial charge in [-0.25, -0.2) is 0 Å².